The van der Waals surface area contributed by atoms with Gasteiger partial charge in [0, 0.05) is 17.6 Å². The average molecular weight is 449 g/mol. The highest BCUT2D eigenvalue weighted by Gasteiger charge is 2.51. The maximum Gasteiger partial charge on any atom is 0.421 e. The molecule has 0 radical (unpaired) electrons. The quantitative estimate of drug-likeness (QED) is 0.575. The van der Waals surface area contributed by atoms with Gasteiger partial charge in [-0.15, -0.1) is 0 Å². The number of rotatable bonds is 5. The third-order valence-electron chi connectivity index (χ3n) is 6.85. The summed E-state index contributed by atoms with van der Waals surface area (Å²) in [6.45, 7) is 0.708. The Bertz CT molecular complexity index is 941. The van der Waals surface area contributed by atoms with Crippen LogP contribution in [-0.4, -0.2) is 34.2 Å². The van der Waals surface area contributed by atoms with E-state index < -0.39 is 11.8 Å². The molecule has 0 heterocycles. The van der Waals surface area contributed by atoms with E-state index in [1.807, 2.05) is 17.0 Å². The Hall–Kier alpha value is -2.41. The molecule has 0 spiro atoms. The predicted molar refractivity (Wildman–Crippen MR) is 113 cm³/mol. The van der Waals surface area contributed by atoms with Crippen LogP contribution in [0.4, 0.5) is 17.6 Å². The van der Waals surface area contributed by atoms with Crippen molar-refractivity contribution in [2.45, 2.75) is 75.2 Å². The van der Waals surface area contributed by atoms with Gasteiger partial charge in [0.15, 0.2) is 5.60 Å². The lowest BCUT2D eigenvalue weighted by Gasteiger charge is -2.37. The number of halogens is 4. The maximum atomic E-state index is 13.3. The number of carbonyl (C=O) groups is 1. The molecule has 0 bridgehead atoms. The Morgan fingerprint density at radius 1 is 0.875 bits per heavy atom. The number of hydrogen-bond acceptors (Lipinski definition) is 2. The van der Waals surface area contributed by atoms with Crippen molar-refractivity contribution in [3.63, 3.8) is 0 Å². The van der Waals surface area contributed by atoms with Crippen molar-refractivity contribution in [2.24, 2.45) is 0 Å². The van der Waals surface area contributed by atoms with Crippen molar-refractivity contribution in [3.05, 3.63) is 71.0 Å². The summed E-state index contributed by atoms with van der Waals surface area (Å²) >= 11 is 0. The van der Waals surface area contributed by atoms with Crippen LogP contribution in [0.25, 0.3) is 0 Å². The van der Waals surface area contributed by atoms with Crippen molar-refractivity contribution in [3.8, 4) is 0 Å². The summed E-state index contributed by atoms with van der Waals surface area (Å²) in [7, 11) is 0. The van der Waals surface area contributed by atoms with Gasteiger partial charge in [0.25, 0.3) is 5.91 Å². The molecule has 2 aliphatic rings. The van der Waals surface area contributed by atoms with E-state index in [2.05, 4.69) is 0 Å². The zero-order chi connectivity index (χ0) is 23.1. The number of nitrogens with zero attached hydrogens (tertiary/aromatic N) is 1. The van der Waals surface area contributed by atoms with E-state index in [-0.39, 0.29) is 29.4 Å². The van der Waals surface area contributed by atoms with Gasteiger partial charge in [-0.2, -0.15) is 13.2 Å². The van der Waals surface area contributed by atoms with E-state index in [1.54, 1.807) is 0 Å². The Morgan fingerprint density at radius 3 is 1.84 bits per heavy atom. The minimum atomic E-state index is -4.80. The lowest BCUT2D eigenvalue weighted by molar-refractivity contribution is -0.258. The first-order valence-electron chi connectivity index (χ1n) is 11.1. The summed E-state index contributed by atoms with van der Waals surface area (Å²) in [5.41, 5.74) is -1.82. The predicted octanol–water partition coefficient (Wildman–Crippen LogP) is 5.93. The molecule has 172 valence electrons. The standard InChI is InChI=1S/C25H27F4NO2/c1-24(32,25(27,28)29)19-8-2-18(3-9-19)23(31)30(22-14-15-22)21-12-6-17(7-13-21)16-4-10-20(26)11-5-16/h2-5,8-11,17,21-22,32H,6-7,12-15H2,1H3/t17-,21+,24-/m0/s1. The van der Waals surface area contributed by atoms with Crippen molar-refractivity contribution >= 4 is 5.91 Å². The third kappa shape index (κ3) is 4.53. The molecule has 2 aliphatic carbocycles. The second-order valence-corrected chi connectivity index (χ2v) is 9.15. The number of amides is 1. The van der Waals surface area contributed by atoms with Crippen molar-refractivity contribution in [1.29, 1.82) is 0 Å². The molecule has 2 saturated carbocycles. The minimum absolute atomic E-state index is 0.0876. The van der Waals surface area contributed by atoms with Crippen LogP contribution in [0.15, 0.2) is 48.5 Å². The fourth-order valence-electron chi connectivity index (χ4n) is 4.65. The topological polar surface area (TPSA) is 40.5 Å². The molecule has 2 fully saturated rings. The minimum Gasteiger partial charge on any atom is -0.376 e. The SMILES string of the molecule is C[C@](O)(c1ccc(C(=O)N(C2CC2)[C@H]2CC[C@@H](c3ccc(F)cc3)CC2)cc1)C(F)(F)F. The van der Waals surface area contributed by atoms with Gasteiger partial charge in [-0.1, -0.05) is 24.3 Å². The van der Waals surface area contributed by atoms with Crippen LogP contribution in [0, 0.1) is 5.82 Å². The van der Waals surface area contributed by atoms with Gasteiger partial charge in [0.2, 0.25) is 0 Å². The van der Waals surface area contributed by atoms with Crippen LogP contribution in [0.1, 0.15) is 72.9 Å². The lowest BCUT2D eigenvalue weighted by Crippen LogP contribution is -2.43. The summed E-state index contributed by atoms with van der Waals surface area (Å²) in [6, 6.07) is 12.0. The van der Waals surface area contributed by atoms with E-state index in [0.717, 1.165) is 44.1 Å². The molecule has 1 atom stereocenters. The fraction of sp³-hybridized carbons (Fsp3) is 0.480. The van der Waals surface area contributed by atoms with Crippen LogP contribution in [0.3, 0.4) is 0 Å². The van der Waals surface area contributed by atoms with E-state index in [4.69, 9.17) is 0 Å². The molecule has 1 N–H and O–H groups in total. The van der Waals surface area contributed by atoms with Crippen molar-refractivity contribution < 1.29 is 27.5 Å². The molecular weight excluding hydrogens is 422 g/mol. The first kappa shape index (κ1) is 22.8. The van der Waals surface area contributed by atoms with Gasteiger partial charge in [0.05, 0.1) is 0 Å². The molecule has 3 nitrogen and oxygen atoms in total. The number of alkyl halides is 3. The van der Waals surface area contributed by atoms with Gasteiger partial charge in [0.1, 0.15) is 5.82 Å². The molecule has 7 heteroatoms. The molecule has 0 unspecified atom stereocenters. The summed E-state index contributed by atoms with van der Waals surface area (Å²) in [5, 5.41) is 9.86. The van der Waals surface area contributed by atoms with Crippen LogP contribution in [0.5, 0.6) is 0 Å². The lowest BCUT2D eigenvalue weighted by atomic mass is 9.81. The molecule has 2 aromatic rings. The van der Waals surface area contributed by atoms with Crippen LogP contribution in [-0.2, 0) is 5.60 Å². The molecule has 32 heavy (non-hydrogen) atoms. The van der Waals surface area contributed by atoms with Gasteiger partial charge < -0.3 is 10.0 Å². The molecule has 0 aliphatic heterocycles. The van der Waals surface area contributed by atoms with E-state index in [0.29, 0.717) is 18.4 Å². The highest BCUT2D eigenvalue weighted by molar-refractivity contribution is 5.95. The third-order valence-corrected chi connectivity index (χ3v) is 6.85. The molecular formula is C25H27F4NO2. The Kier molecular flexibility index (Phi) is 6.05. The smallest absolute Gasteiger partial charge is 0.376 e. The average Bonchev–Trinajstić information content (AvgIpc) is 3.59. The molecule has 0 aromatic heterocycles. The van der Waals surface area contributed by atoms with E-state index in [1.165, 1.54) is 36.4 Å². The molecule has 0 saturated heterocycles. The number of aliphatic hydroxyl groups is 1. The number of hydrogen-bond donors (Lipinski definition) is 1. The summed E-state index contributed by atoms with van der Waals surface area (Å²) in [5.74, 6) is -0.0847. The first-order chi connectivity index (χ1) is 15.1. The molecule has 1 amide bonds. The van der Waals surface area contributed by atoms with Gasteiger partial charge in [-0.05, 0) is 86.8 Å². The molecule has 2 aromatic carbocycles. The fourth-order valence-corrected chi connectivity index (χ4v) is 4.65. The number of benzene rings is 2. The normalized spacial score (nSPS) is 23.4. The van der Waals surface area contributed by atoms with Gasteiger partial charge >= 0.3 is 6.18 Å². The number of carbonyl (C=O) groups excluding carboxylic acids is 1. The van der Waals surface area contributed by atoms with Gasteiger partial charge in [-0.3, -0.25) is 4.79 Å². The zero-order valence-corrected chi connectivity index (χ0v) is 17.9. The van der Waals surface area contributed by atoms with Crippen LogP contribution >= 0.6 is 0 Å². The van der Waals surface area contributed by atoms with Crippen molar-refractivity contribution in [1.82, 2.24) is 4.90 Å². The largest absolute Gasteiger partial charge is 0.421 e. The van der Waals surface area contributed by atoms with E-state index in [9.17, 15) is 27.5 Å². The van der Waals surface area contributed by atoms with E-state index >= 15 is 0 Å². The second-order valence-electron chi connectivity index (χ2n) is 9.15. The maximum absolute atomic E-state index is 13.3. The summed E-state index contributed by atoms with van der Waals surface area (Å²) in [6.07, 6.45) is 0.549. The van der Waals surface area contributed by atoms with Crippen molar-refractivity contribution in [2.75, 3.05) is 0 Å². The highest BCUT2D eigenvalue weighted by atomic mass is 19.4. The molecule has 4 rings (SSSR count). The Labute approximate surface area is 185 Å². The Balaban J connectivity index is 1.45. The van der Waals surface area contributed by atoms with Crippen LogP contribution < -0.4 is 0 Å². The highest BCUT2D eigenvalue weighted by Crippen LogP contribution is 2.41. The van der Waals surface area contributed by atoms with Crippen LogP contribution in [0.2, 0.25) is 0 Å². The second kappa shape index (κ2) is 8.50. The summed E-state index contributed by atoms with van der Waals surface area (Å²) in [4.78, 5) is 15.2. The summed E-state index contributed by atoms with van der Waals surface area (Å²) < 4.78 is 52.5. The monoisotopic (exact) mass is 449 g/mol. The first-order valence-corrected chi connectivity index (χ1v) is 11.1. The zero-order valence-electron chi connectivity index (χ0n) is 17.9. The Morgan fingerprint density at radius 2 is 1.38 bits per heavy atom. The van der Waals surface area contributed by atoms with Gasteiger partial charge in [-0.25, -0.2) is 4.39 Å².